The lowest BCUT2D eigenvalue weighted by Crippen LogP contribution is -2.48. The van der Waals surface area contributed by atoms with E-state index < -0.39 is 0 Å². The van der Waals surface area contributed by atoms with Gasteiger partial charge in [-0.15, -0.1) is 0 Å². The summed E-state index contributed by atoms with van der Waals surface area (Å²) in [6.07, 6.45) is 6.34. The fourth-order valence-electron chi connectivity index (χ4n) is 3.77. The summed E-state index contributed by atoms with van der Waals surface area (Å²) in [5.74, 6) is 1.15. The molecule has 2 bridgehead atoms. The molecule has 0 aromatic carbocycles. The highest BCUT2D eigenvalue weighted by Gasteiger charge is 2.40. The highest BCUT2D eigenvalue weighted by molar-refractivity contribution is 6.04. The lowest BCUT2D eigenvalue weighted by atomic mass is 10.1. The predicted octanol–water partition coefficient (Wildman–Crippen LogP) is 1.64. The quantitative estimate of drug-likeness (QED) is 0.837. The van der Waals surface area contributed by atoms with Crippen molar-refractivity contribution in [2.45, 2.75) is 25.3 Å². The molecule has 0 radical (unpaired) electrons. The number of aromatic nitrogens is 3. The largest absolute Gasteiger partial charge is 0.366 e. The van der Waals surface area contributed by atoms with E-state index >= 15 is 0 Å². The van der Waals surface area contributed by atoms with Crippen LogP contribution in [0, 0.1) is 5.92 Å². The summed E-state index contributed by atoms with van der Waals surface area (Å²) in [4.78, 5) is 42.0. The molecule has 9 nitrogen and oxygen atoms in total. The van der Waals surface area contributed by atoms with Gasteiger partial charge in [-0.1, -0.05) is 0 Å². The zero-order chi connectivity index (χ0) is 19.1. The van der Waals surface area contributed by atoms with Crippen LogP contribution in [-0.2, 0) is 0 Å². The van der Waals surface area contributed by atoms with E-state index in [1.54, 1.807) is 29.4 Å². The predicted molar refractivity (Wildman–Crippen MR) is 103 cm³/mol. The minimum atomic E-state index is -0.331. The van der Waals surface area contributed by atoms with Gasteiger partial charge in [-0.2, -0.15) is 0 Å². The fourth-order valence-corrected chi connectivity index (χ4v) is 3.77. The molecule has 2 aromatic heterocycles. The Morgan fingerprint density at radius 2 is 1.96 bits per heavy atom. The van der Waals surface area contributed by atoms with Crippen molar-refractivity contribution in [3.63, 3.8) is 0 Å². The van der Waals surface area contributed by atoms with Crippen LogP contribution in [-0.4, -0.2) is 52.6 Å². The van der Waals surface area contributed by atoms with E-state index in [1.807, 2.05) is 6.07 Å². The molecule has 144 valence electrons. The minimum absolute atomic E-state index is 0.00786. The second-order valence-corrected chi connectivity index (χ2v) is 7.45. The molecule has 3 aliphatic rings. The molecular weight excluding hydrogens is 358 g/mol. The van der Waals surface area contributed by atoms with Crippen molar-refractivity contribution in [1.29, 1.82) is 0 Å². The van der Waals surface area contributed by atoms with Gasteiger partial charge in [-0.05, 0) is 43.4 Å². The van der Waals surface area contributed by atoms with Crippen LogP contribution >= 0.6 is 0 Å². The zero-order valence-corrected chi connectivity index (χ0v) is 15.3. The molecule has 2 fully saturated rings. The van der Waals surface area contributed by atoms with Crippen molar-refractivity contribution in [3.8, 4) is 0 Å². The average Bonchev–Trinajstić information content (AvgIpc) is 3.46. The smallest absolute Gasteiger partial charge is 0.330 e. The third-order valence-corrected chi connectivity index (χ3v) is 5.44. The van der Waals surface area contributed by atoms with Gasteiger partial charge >= 0.3 is 6.03 Å². The van der Waals surface area contributed by atoms with Crippen LogP contribution in [0.3, 0.4) is 0 Å². The normalized spacial score (nSPS) is 19.9. The maximum absolute atomic E-state index is 13.0. The Kier molecular flexibility index (Phi) is 4.07. The third kappa shape index (κ3) is 3.12. The molecule has 2 aromatic rings. The lowest BCUT2D eigenvalue weighted by Gasteiger charge is -2.35. The SMILES string of the molecule is O=C(NCC1CC1)c1ccc2c(n1)N(C(=O)Nc1ncccn1)[C@H]1CCN2C1. The van der Waals surface area contributed by atoms with Crippen molar-refractivity contribution < 1.29 is 9.59 Å². The molecule has 28 heavy (non-hydrogen) atoms. The Morgan fingerprint density at radius 3 is 2.75 bits per heavy atom. The maximum Gasteiger partial charge on any atom is 0.330 e. The van der Waals surface area contributed by atoms with E-state index in [4.69, 9.17) is 0 Å². The van der Waals surface area contributed by atoms with E-state index in [1.165, 1.54) is 12.8 Å². The summed E-state index contributed by atoms with van der Waals surface area (Å²) in [5.41, 5.74) is 1.20. The fraction of sp³-hybridized carbons (Fsp3) is 0.421. The van der Waals surface area contributed by atoms with Gasteiger partial charge in [0.05, 0.1) is 11.7 Å². The second kappa shape index (κ2) is 6.74. The van der Waals surface area contributed by atoms with Crippen LogP contribution in [0.2, 0.25) is 0 Å². The van der Waals surface area contributed by atoms with Crippen LogP contribution in [0.4, 0.5) is 22.2 Å². The Labute approximate surface area is 162 Å². The summed E-state index contributed by atoms with van der Waals surface area (Å²) in [6.45, 7) is 2.30. The molecule has 2 aliphatic heterocycles. The molecule has 1 aliphatic carbocycles. The summed E-state index contributed by atoms with van der Waals surface area (Å²) in [5, 5.41) is 5.67. The van der Waals surface area contributed by atoms with Gasteiger partial charge in [-0.25, -0.2) is 19.7 Å². The van der Waals surface area contributed by atoms with Gasteiger partial charge < -0.3 is 10.2 Å². The molecule has 0 unspecified atom stereocenters. The van der Waals surface area contributed by atoms with Crippen LogP contribution in [0.5, 0.6) is 0 Å². The third-order valence-electron chi connectivity index (χ3n) is 5.44. The standard InChI is InChI=1S/C19H21N7O2/c27-17(22-10-12-2-3-12)14-4-5-15-16(23-14)26(13-6-9-25(15)11-13)19(28)24-18-20-7-1-8-21-18/h1,4-5,7-8,12-13H,2-3,6,9-11H2,(H,22,27)(H,20,21,24,28)/t13-/m0/s1. The van der Waals surface area contributed by atoms with Crippen molar-refractivity contribution in [2.75, 3.05) is 34.8 Å². The van der Waals surface area contributed by atoms with E-state index in [-0.39, 0.29) is 23.9 Å². The number of carbonyl (C=O) groups excluding carboxylic acids is 2. The number of rotatable bonds is 4. The molecule has 3 amide bonds. The van der Waals surface area contributed by atoms with Crippen LogP contribution in [0.1, 0.15) is 29.8 Å². The number of anilines is 3. The molecular formula is C19H21N7O2. The van der Waals surface area contributed by atoms with Gasteiger partial charge in [-0.3, -0.25) is 15.0 Å². The number of fused-ring (bicyclic) bond motifs is 4. The molecule has 1 atom stereocenters. The first kappa shape index (κ1) is 16.9. The number of nitrogens with zero attached hydrogens (tertiary/aromatic N) is 5. The molecule has 5 rings (SSSR count). The molecule has 4 heterocycles. The van der Waals surface area contributed by atoms with Crippen molar-refractivity contribution in [2.24, 2.45) is 5.92 Å². The van der Waals surface area contributed by atoms with Crippen LogP contribution < -0.4 is 20.4 Å². The number of hydrogen-bond acceptors (Lipinski definition) is 6. The summed E-state index contributed by atoms with van der Waals surface area (Å²) < 4.78 is 0. The Morgan fingerprint density at radius 1 is 1.14 bits per heavy atom. The Bertz CT molecular complexity index is 916. The first-order chi connectivity index (χ1) is 13.7. The minimum Gasteiger partial charge on any atom is -0.366 e. The van der Waals surface area contributed by atoms with E-state index in [0.717, 1.165) is 25.2 Å². The van der Waals surface area contributed by atoms with E-state index in [9.17, 15) is 9.59 Å². The molecule has 9 heteroatoms. The number of hydrogen-bond donors (Lipinski definition) is 2. The Hall–Kier alpha value is -3.23. The summed E-state index contributed by atoms with van der Waals surface area (Å²) >= 11 is 0. The van der Waals surface area contributed by atoms with Crippen molar-refractivity contribution >= 4 is 29.4 Å². The number of pyridine rings is 1. The first-order valence-corrected chi connectivity index (χ1v) is 9.60. The zero-order valence-electron chi connectivity index (χ0n) is 15.3. The number of urea groups is 1. The van der Waals surface area contributed by atoms with Gasteiger partial charge in [0, 0.05) is 32.0 Å². The molecule has 2 N–H and O–H groups in total. The first-order valence-electron chi connectivity index (χ1n) is 9.60. The monoisotopic (exact) mass is 379 g/mol. The molecule has 1 saturated heterocycles. The number of amides is 3. The van der Waals surface area contributed by atoms with Gasteiger partial charge in [0.1, 0.15) is 5.69 Å². The average molecular weight is 379 g/mol. The van der Waals surface area contributed by atoms with E-state index in [2.05, 4.69) is 30.5 Å². The number of carbonyl (C=O) groups is 2. The molecule has 0 spiro atoms. The Balaban J connectivity index is 1.43. The highest BCUT2D eigenvalue weighted by atomic mass is 16.2. The van der Waals surface area contributed by atoms with Crippen molar-refractivity contribution in [3.05, 3.63) is 36.3 Å². The second-order valence-electron chi connectivity index (χ2n) is 7.45. The van der Waals surface area contributed by atoms with Crippen molar-refractivity contribution in [1.82, 2.24) is 20.3 Å². The van der Waals surface area contributed by atoms with Gasteiger partial charge in [0.2, 0.25) is 5.95 Å². The lowest BCUT2D eigenvalue weighted by molar-refractivity contribution is 0.0947. The number of nitrogens with one attached hydrogen (secondary N) is 2. The van der Waals surface area contributed by atoms with Gasteiger partial charge in [0.25, 0.3) is 5.91 Å². The maximum atomic E-state index is 13.0. The highest BCUT2D eigenvalue weighted by Crippen LogP contribution is 2.39. The van der Waals surface area contributed by atoms with Gasteiger partial charge in [0.15, 0.2) is 5.82 Å². The summed E-state index contributed by atoms with van der Waals surface area (Å²) in [7, 11) is 0. The summed E-state index contributed by atoms with van der Waals surface area (Å²) in [6, 6.07) is 4.98. The van der Waals surface area contributed by atoms with Crippen LogP contribution in [0.15, 0.2) is 30.6 Å². The van der Waals surface area contributed by atoms with Crippen LogP contribution in [0.25, 0.3) is 0 Å². The van der Waals surface area contributed by atoms with E-state index in [0.29, 0.717) is 24.0 Å². The topological polar surface area (TPSA) is 103 Å². The molecule has 1 saturated carbocycles.